The van der Waals surface area contributed by atoms with E-state index in [0.29, 0.717) is 23.7 Å². The van der Waals surface area contributed by atoms with Gasteiger partial charge in [-0.3, -0.25) is 0 Å². The second kappa shape index (κ2) is 3.22. The Kier molecular flexibility index (Phi) is 1.84. The van der Waals surface area contributed by atoms with Gasteiger partial charge in [-0.05, 0) is 0 Å². The van der Waals surface area contributed by atoms with Crippen molar-refractivity contribution >= 4 is 17.3 Å². The summed E-state index contributed by atoms with van der Waals surface area (Å²) in [6.45, 7) is 0. The van der Waals surface area contributed by atoms with Crippen LogP contribution >= 0.6 is 0 Å². The number of ether oxygens (including phenoxy) is 1. The molecule has 4 rings (SSSR count). The fraction of sp³-hybridized carbons (Fsp3) is 0.600. The monoisotopic (exact) mass is 251 g/mol. The molecule has 8 nitrogen and oxygen atoms in total. The number of anilines is 3. The molecule has 0 amide bonds. The van der Waals surface area contributed by atoms with Crippen molar-refractivity contribution < 1.29 is 14.9 Å². The van der Waals surface area contributed by atoms with E-state index >= 15 is 0 Å². The van der Waals surface area contributed by atoms with Crippen molar-refractivity contribution in [2.75, 3.05) is 16.0 Å². The number of nitrogens with two attached hydrogens (primary N) is 1. The lowest BCUT2D eigenvalue weighted by atomic mass is 10.1. The van der Waals surface area contributed by atoms with Crippen molar-refractivity contribution in [1.82, 2.24) is 9.97 Å². The van der Waals surface area contributed by atoms with E-state index in [1.165, 1.54) is 6.33 Å². The predicted octanol–water partition coefficient (Wildman–Crippen LogP) is -1.53. The molecule has 2 fully saturated rings. The van der Waals surface area contributed by atoms with Crippen LogP contribution in [0, 0.1) is 0 Å². The van der Waals surface area contributed by atoms with E-state index < -0.39 is 18.3 Å². The second-order valence-electron chi connectivity index (χ2n) is 4.80. The first-order valence-electron chi connectivity index (χ1n) is 5.84. The normalized spacial score (nSPS) is 40.3. The van der Waals surface area contributed by atoms with Crippen LogP contribution in [-0.2, 0) is 4.74 Å². The summed E-state index contributed by atoms with van der Waals surface area (Å²) in [4.78, 5) is 9.92. The topological polar surface area (TPSA) is 117 Å². The van der Waals surface area contributed by atoms with Crippen LogP contribution in [0.25, 0.3) is 0 Å². The average Bonchev–Trinajstić information content (AvgIpc) is 2.88. The Morgan fingerprint density at radius 3 is 3.11 bits per heavy atom. The largest absolute Gasteiger partial charge is 0.390 e. The smallest absolute Gasteiger partial charge is 0.161 e. The zero-order chi connectivity index (χ0) is 12.4. The van der Waals surface area contributed by atoms with Crippen LogP contribution in [0.4, 0.5) is 17.3 Å². The van der Waals surface area contributed by atoms with Gasteiger partial charge in [0.05, 0.1) is 6.10 Å². The SMILES string of the molecule is Nc1ncnc2c1NC1C(O)[C@H]3O[C@H](C[C@H]3O)N21. The molecule has 1 aromatic heterocycles. The maximum absolute atomic E-state index is 10.2. The van der Waals surface area contributed by atoms with Crippen LogP contribution in [0.1, 0.15) is 6.42 Å². The molecule has 5 atom stereocenters. The van der Waals surface area contributed by atoms with Crippen LogP contribution in [0.3, 0.4) is 0 Å². The number of rotatable bonds is 0. The van der Waals surface area contributed by atoms with E-state index in [9.17, 15) is 10.2 Å². The van der Waals surface area contributed by atoms with E-state index in [0.717, 1.165) is 0 Å². The zero-order valence-corrected chi connectivity index (χ0v) is 9.39. The molecule has 5 N–H and O–H groups in total. The number of nitrogens with one attached hydrogen (secondary N) is 1. The number of nitrogen functional groups attached to an aromatic ring is 1. The third-order valence-electron chi connectivity index (χ3n) is 3.80. The molecule has 0 saturated carbocycles. The van der Waals surface area contributed by atoms with Crippen molar-refractivity contribution in [1.29, 1.82) is 0 Å². The Balaban J connectivity index is 1.82. The molecule has 0 aliphatic carbocycles. The molecule has 8 heteroatoms. The van der Waals surface area contributed by atoms with Crippen molar-refractivity contribution in [3.63, 3.8) is 0 Å². The predicted molar refractivity (Wildman–Crippen MR) is 61.6 cm³/mol. The summed E-state index contributed by atoms with van der Waals surface area (Å²) in [6.07, 6.45) is -0.897. The molecule has 0 radical (unpaired) electrons. The van der Waals surface area contributed by atoms with Gasteiger partial charge in [0.2, 0.25) is 0 Å². The highest BCUT2D eigenvalue weighted by Crippen LogP contribution is 2.45. The minimum Gasteiger partial charge on any atom is -0.390 e. The number of nitrogens with zero attached hydrogens (tertiary/aromatic N) is 3. The minimum atomic E-state index is -0.840. The molecule has 2 bridgehead atoms. The highest BCUT2D eigenvalue weighted by molar-refractivity contribution is 5.81. The first-order chi connectivity index (χ1) is 8.66. The van der Waals surface area contributed by atoms with Crippen LogP contribution in [-0.4, -0.2) is 50.9 Å². The standard InChI is InChI=1S/C10H13N5O3/c11-8-5-9(13-2-12-8)15-4-1-3(16)7(18-4)6(17)10(15)14-5/h2-4,6-7,10,14,16-17H,1H2,(H2,11,12,13)/t3-,4-,6?,7+,10?/m1/s1. The van der Waals surface area contributed by atoms with E-state index in [2.05, 4.69) is 15.3 Å². The van der Waals surface area contributed by atoms with Gasteiger partial charge in [0.25, 0.3) is 0 Å². The molecule has 0 spiro atoms. The Hall–Kier alpha value is -1.64. The maximum Gasteiger partial charge on any atom is 0.161 e. The van der Waals surface area contributed by atoms with Gasteiger partial charge >= 0.3 is 0 Å². The summed E-state index contributed by atoms with van der Waals surface area (Å²) >= 11 is 0. The van der Waals surface area contributed by atoms with Crippen molar-refractivity contribution in [2.45, 2.75) is 37.1 Å². The summed E-state index contributed by atoms with van der Waals surface area (Å²) < 4.78 is 5.62. The molecule has 3 aliphatic heterocycles. The number of fused-ring (bicyclic) bond motifs is 6. The molecule has 2 saturated heterocycles. The molecule has 3 aliphatic rings. The molecule has 18 heavy (non-hydrogen) atoms. The van der Waals surface area contributed by atoms with Gasteiger partial charge in [-0.1, -0.05) is 0 Å². The second-order valence-corrected chi connectivity index (χ2v) is 4.80. The highest BCUT2D eigenvalue weighted by Gasteiger charge is 2.55. The van der Waals surface area contributed by atoms with Crippen molar-refractivity contribution in [3.8, 4) is 0 Å². The van der Waals surface area contributed by atoms with Crippen LogP contribution in [0.5, 0.6) is 0 Å². The minimum absolute atomic E-state index is 0.290. The Morgan fingerprint density at radius 1 is 1.44 bits per heavy atom. The Labute approximate surface area is 102 Å². The van der Waals surface area contributed by atoms with Gasteiger partial charge in [0, 0.05) is 6.42 Å². The van der Waals surface area contributed by atoms with Crippen molar-refractivity contribution in [2.24, 2.45) is 0 Å². The Bertz CT molecular complexity index is 512. The van der Waals surface area contributed by atoms with E-state index in [1.54, 1.807) is 0 Å². The van der Waals surface area contributed by atoms with Crippen LogP contribution in [0.2, 0.25) is 0 Å². The molecule has 0 aromatic carbocycles. The molecule has 4 heterocycles. The van der Waals surface area contributed by atoms with Gasteiger partial charge in [0.1, 0.15) is 36.6 Å². The van der Waals surface area contributed by atoms with Crippen LogP contribution < -0.4 is 16.0 Å². The summed E-state index contributed by atoms with van der Waals surface area (Å²) in [6, 6.07) is 0. The van der Waals surface area contributed by atoms with E-state index in [1.807, 2.05) is 4.90 Å². The fourth-order valence-corrected chi connectivity index (χ4v) is 2.97. The number of hydrogen-bond donors (Lipinski definition) is 4. The van der Waals surface area contributed by atoms with Crippen LogP contribution in [0.15, 0.2) is 6.33 Å². The quantitative estimate of drug-likeness (QED) is 0.438. The molecular weight excluding hydrogens is 238 g/mol. The third kappa shape index (κ3) is 1.10. The zero-order valence-electron chi connectivity index (χ0n) is 9.39. The summed E-state index contributed by atoms with van der Waals surface area (Å²) in [5.41, 5.74) is 6.40. The van der Waals surface area contributed by atoms with Gasteiger partial charge in [-0.25, -0.2) is 9.97 Å². The lowest BCUT2D eigenvalue weighted by Crippen LogP contribution is -2.58. The summed E-state index contributed by atoms with van der Waals surface area (Å²) in [5.74, 6) is 0.960. The summed E-state index contributed by atoms with van der Waals surface area (Å²) in [7, 11) is 0. The summed E-state index contributed by atoms with van der Waals surface area (Å²) in [5, 5.41) is 23.2. The van der Waals surface area contributed by atoms with Gasteiger partial charge < -0.3 is 30.9 Å². The molecule has 96 valence electrons. The highest BCUT2D eigenvalue weighted by atomic mass is 16.6. The number of hydrogen-bond acceptors (Lipinski definition) is 8. The average molecular weight is 251 g/mol. The third-order valence-corrected chi connectivity index (χ3v) is 3.80. The number of aliphatic hydroxyl groups excluding tert-OH is 2. The van der Waals surface area contributed by atoms with E-state index in [4.69, 9.17) is 10.5 Å². The molecule has 1 aromatic rings. The maximum atomic E-state index is 10.2. The first-order valence-corrected chi connectivity index (χ1v) is 5.84. The lowest BCUT2D eigenvalue weighted by Gasteiger charge is -2.39. The number of aromatic nitrogens is 2. The van der Waals surface area contributed by atoms with Crippen molar-refractivity contribution in [3.05, 3.63) is 6.33 Å². The molecular formula is C10H13N5O3. The first kappa shape index (κ1) is 10.3. The van der Waals surface area contributed by atoms with Gasteiger partial charge in [-0.15, -0.1) is 0 Å². The Morgan fingerprint density at radius 2 is 2.28 bits per heavy atom. The van der Waals surface area contributed by atoms with Gasteiger partial charge in [-0.2, -0.15) is 0 Å². The molecule has 2 unspecified atom stereocenters. The number of aliphatic hydroxyl groups is 2. The van der Waals surface area contributed by atoms with E-state index in [-0.39, 0.29) is 12.4 Å². The van der Waals surface area contributed by atoms with Gasteiger partial charge in [0.15, 0.2) is 11.6 Å². The lowest BCUT2D eigenvalue weighted by molar-refractivity contribution is -0.1000. The fourth-order valence-electron chi connectivity index (χ4n) is 2.97.